The second-order valence-corrected chi connectivity index (χ2v) is 10.6. The van der Waals surface area contributed by atoms with Crippen molar-refractivity contribution in [3.05, 3.63) is 22.4 Å². The van der Waals surface area contributed by atoms with Gasteiger partial charge in [-0.15, -0.1) is 35.3 Å². The molecule has 0 bridgehead atoms. The van der Waals surface area contributed by atoms with Crippen LogP contribution in [0.2, 0.25) is 0 Å². The number of hydrogen-bond donors (Lipinski definition) is 2. The number of rotatable bonds is 9. The van der Waals surface area contributed by atoms with Crippen molar-refractivity contribution in [1.29, 1.82) is 0 Å². The Bertz CT molecular complexity index is 713. The third-order valence-corrected chi connectivity index (χ3v) is 6.61. The zero-order valence-electron chi connectivity index (χ0n) is 17.8. The van der Waals surface area contributed by atoms with E-state index in [4.69, 9.17) is 9.73 Å². The van der Waals surface area contributed by atoms with E-state index in [1.54, 1.807) is 11.3 Å². The van der Waals surface area contributed by atoms with Gasteiger partial charge in [0.25, 0.3) is 0 Å². The molecule has 3 atom stereocenters. The van der Waals surface area contributed by atoms with Crippen molar-refractivity contribution in [3.63, 3.8) is 0 Å². The molecule has 3 unspecified atom stereocenters. The highest BCUT2D eigenvalue weighted by atomic mass is 127. The van der Waals surface area contributed by atoms with Crippen molar-refractivity contribution < 1.29 is 13.2 Å². The topological polar surface area (TPSA) is 83.0 Å². The van der Waals surface area contributed by atoms with Crippen molar-refractivity contribution in [3.8, 4) is 0 Å². The van der Waals surface area contributed by atoms with Gasteiger partial charge in [-0.25, -0.2) is 8.42 Å². The summed E-state index contributed by atoms with van der Waals surface area (Å²) in [6.07, 6.45) is 2.05. The fourth-order valence-corrected chi connectivity index (χ4v) is 4.82. The number of aliphatic imine (C=N–C) groups is 1. The number of ether oxygens (including phenoxy) is 1. The smallest absolute Gasteiger partial charge is 0.191 e. The van der Waals surface area contributed by atoms with E-state index >= 15 is 0 Å². The zero-order chi connectivity index (χ0) is 20.6. The minimum atomic E-state index is -2.96. The molecule has 10 heteroatoms. The molecule has 1 aliphatic heterocycles. The Balaban J connectivity index is 0.00000420. The van der Waals surface area contributed by atoms with E-state index in [0.29, 0.717) is 13.0 Å². The number of hydrogen-bond acceptors (Lipinski definition) is 6. The molecular weight excluding hydrogens is 523 g/mol. The molecule has 0 aliphatic carbocycles. The first kappa shape index (κ1) is 26.6. The van der Waals surface area contributed by atoms with E-state index in [0.717, 1.165) is 32.2 Å². The number of sulfone groups is 1. The molecule has 2 rings (SSSR count). The van der Waals surface area contributed by atoms with Gasteiger partial charge in [-0.3, -0.25) is 9.89 Å². The lowest BCUT2D eigenvalue weighted by atomic mass is 10.1. The summed E-state index contributed by atoms with van der Waals surface area (Å²) >= 11 is 1.76. The summed E-state index contributed by atoms with van der Waals surface area (Å²) in [4.78, 5) is 8.57. The Hall–Kier alpha value is -0.430. The second kappa shape index (κ2) is 13.1. The third kappa shape index (κ3) is 9.95. The maximum absolute atomic E-state index is 11.4. The molecule has 0 aromatic carbocycles. The second-order valence-electron chi connectivity index (χ2n) is 7.39. The Morgan fingerprint density at radius 3 is 2.83 bits per heavy atom. The van der Waals surface area contributed by atoms with Crippen molar-refractivity contribution in [2.75, 3.05) is 44.8 Å². The van der Waals surface area contributed by atoms with Crippen LogP contribution in [0.5, 0.6) is 0 Å². The molecule has 29 heavy (non-hydrogen) atoms. The Morgan fingerprint density at radius 2 is 2.24 bits per heavy atom. The van der Waals surface area contributed by atoms with Crippen LogP contribution in [0.25, 0.3) is 0 Å². The molecule has 0 amide bonds. The minimum Gasteiger partial charge on any atom is -0.376 e. The van der Waals surface area contributed by atoms with Crippen molar-refractivity contribution in [2.45, 2.75) is 45.4 Å². The molecule has 0 saturated carbocycles. The number of morpholine rings is 1. The summed E-state index contributed by atoms with van der Waals surface area (Å²) in [6, 6.07) is 4.49. The van der Waals surface area contributed by atoms with Gasteiger partial charge in [0.1, 0.15) is 9.84 Å². The summed E-state index contributed by atoms with van der Waals surface area (Å²) in [6.45, 7) is 10.1. The maximum Gasteiger partial charge on any atom is 0.191 e. The fraction of sp³-hybridized carbons (Fsp3) is 0.737. The van der Waals surface area contributed by atoms with E-state index in [1.165, 1.54) is 11.1 Å². The lowest BCUT2D eigenvalue weighted by Crippen LogP contribution is -2.45. The predicted octanol–water partition coefficient (Wildman–Crippen LogP) is 2.51. The van der Waals surface area contributed by atoms with E-state index in [1.807, 2.05) is 13.8 Å². The lowest BCUT2D eigenvalue weighted by Gasteiger charge is -2.36. The predicted molar refractivity (Wildman–Crippen MR) is 132 cm³/mol. The summed E-state index contributed by atoms with van der Waals surface area (Å²) in [7, 11) is -2.96. The Kier molecular flexibility index (Phi) is 12.0. The van der Waals surface area contributed by atoms with Crippen molar-refractivity contribution in [2.24, 2.45) is 4.99 Å². The van der Waals surface area contributed by atoms with Crippen LogP contribution in [0, 0.1) is 0 Å². The van der Waals surface area contributed by atoms with Crippen LogP contribution in [-0.4, -0.2) is 76.2 Å². The van der Waals surface area contributed by atoms with E-state index in [9.17, 15) is 8.42 Å². The maximum atomic E-state index is 11.4. The average molecular weight is 559 g/mol. The van der Waals surface area contributed by atoms with Gasteiger partial charge >= 0.3 is 0 Å². The fourth-order valence-electron chi connectivity index (χ4n) is 3.19. The van der Waals surface area contributed by atoms with Crippen LogP contribution in [0.3, 0.4) is 0 Å². The summed E-state index contributed by atoms with van der Waals surface area (Å²) in [5.41, 5.74) is 0. The number of guanidine groups is 1. The summed E-state index contributed by atoms with van der Waals surface area (Å²) < 4.78 is 28.5. The molecule has 2 N–H and O–H groups in total. The average Bonchev–Trinajstić information content (AvgIpc) is 3.14. The van der Waals surface area contributed by atoms with Gasteiger partial charge in [-0.05, 0) is 38.6 Å². The summed E-state index contributed by atoms with van der Waals surface area (Å²) in [5.74, 6) is 0.899. The highest BCUT2D eigenvalue weighted by molar-refractivity contribution is 14.0. The first-order valence-electron chi connectivity index (χ1n) is 9.90. The van der Waals surface area contributed by atoms with Crippen LogP contribution in [0.15, 0.2) is 22.5 Å². The largest absolute Gasteiger partial charge is 0.376 e. The molecule has 0 spiro atoms. The summed E-state index contributed by atoms with van der Waals surface area (Å²) in [5, 5.41) is 8.71. The zero-order valence-corrected chi connectivity index (χ0v) is 21.7. The first-order chi connectivity index (χ1) is 13.3. The van der Waals surface area contributed by atoms with Gasteiger partial charge in [0.2, 0.25) is 0 Å². The normalized spacial score (nSPS) is 20.6. The highest BCUT2D eigenvalue weighted by Crippen LogP contribution is 2.27. The number of nitrogens with zero attached hydrogens (tertiary/aromatic N) is 2. The van der Waals surface area contributed by atoms with Crippen LogP contribution in [-0.2, 0) is 14.6 Å². The molecule has 2 heterocycles. The van der Waals surface area contributed by atoms with E-state index in [-0.39, 0.29) is 47.9 Å². The van der Waals surface area contributed by atoms with Crippen LogP contribution >= 0.6 is 35.3 Å². The molecule has 1 fully saturated rings. The standard InChI is InChI=1S/C19H34N4O3S2.HI/c1-5-20-19(22-15(2)8-12-28(4,24)25)21-13-17(18-7-6-11-27-18)23-9-10-26-16(3)14-23;/h6-7,11,15-17H,5,8-10,12-14H2,1-4H3,(H2,20,21,22);1H. The Labute approximate surface area is 196 Å². The van der Waals surface area contributed by atoms with Gasteiger partial charge in [0.05, 0.1) is 31.1 Å². The Morgan fingerprint density at radius 1 is 1.48 bits per heavy atom. The van der Waals surface area contributed by atoms with Crippen LogP contribution in [0.4, 0.5) is 0 Å². The molecule has 0 radical (unpaired) electrons. The third-order valence-electron chi connectivity index (χ3n) is 4.66. The van der Waals surface area contributed by atoms with Crippen LogP contribution < -0.4 is 10.6 Å². The van der Waals surface area contributed by atoms with Crippen LogP contribution in [0.1, 0.15) is 38.1 Å². The van der Waals surface area contributed by atoms with Gasteiger partial charge in [-0.2, -0.15) is 0 Å². The number of thiophene rings is 1. The SMILES string of the molecule is CCNC(=NCC(c1cccs1)N1CCOC(C)C1)NC(C)CCS(C)(=O)=O.I. The molecule has 1 aromatic rings. The van der Waals surface area contributed by atoms with Crippen molar-refractivity contribution in [1.82, 2.24) is 15.5 Å². The molecule has 1 aliphatic rings. The van der Waals surface area contributed by atoms with E-state index in [2.05, 4.69) is 40.0 Å². The monoisotopic (exact) mass is 558 g/mol. The molecule has 7 nitrogen and oxygen atoms in total. The van der Waals surface area contributed by atoms with Gasteiger partial charge in [-0.1, -0.05) is 6.07 Å². The minimum absolute atomic E-state index is 0. The van der Waals surface area contributed by atoms with Crippen molar-refractivity contribution >= 4 is 51.1 Å². The highest BCUT2D eigenvalue weighted by Gasteiger charge is 2.26. The van der Waals surface area contributed by atoms with E-state index < -0.39 is 9.84 Å². The number of halogens is 1. The quantitative estimate of drug-likeness (QED) is 0.276. The molecule has 1 saturated heterocycles. The number of nitrogens with one attached hydrogen (secondary N) is 2. The first-order valence-corrected chi connectivity index (χ1v) is 12.8. The molecule has 1 aromatic heterocycles. The lowest BCUT2D eigenvalue weighted by molar-refractivity contribution is -0.0327. The molecule has 168 valence electrons. The molecular formula is C19H35IN4O3S2. The van der Waals surface area contributed by atoms with Gasteiger partial charge in [0, 0.05) is 36.8 Å². The van der Waals surface area contributed by atoms with Gasteiger partial charge < -0.3 is 15.4 Å². The van der Waals surface area contributed by atoms with Gasteiger partial charge in [0.15, 0.2) is 5.96 Å².